The second kappa shape index (κ2) is 14.3. The molecule has 0 bridgehead atoms. The van der Waals surface area contributed by atoms with Crippen LogP contribution in [-0.4, -0.2) is 47.0 Å². The number of nitrogens with one attached hydrogen (secondary N) is 2. The molecule has 0 amide bonds. The standard InChI is InChI=1S/C24H39N3O3S.HI/c1-4-25-24(27-19-9-8-12-21(16-19)31(28)5-2)26-17-18-13-14-22(29-3)23(15-18)30-20-10-6-7-11-20;/h13-15,19-21H,4-12,16-17H2,1-3H3,(H2,25,26,27);1H. The van der Waals surface area contributed by atoms with Gasteiger partial charge in [0.15, 0.2) is 17.5 Å². The number of aliphatic imine (C=N–C) groups is 1. The Bertz CT molecular complexity index is 756. The van der Waals surface area contributed by atoms with Gasteiger partial charge in [-0.2, -0.15) is 0 Å². The maximum Gasteiger partial charge on any atom is 0.191 e. The van der Waals surface area contributed by atoms with Gasteiger partial charge >= 0.3 is 0 Å². The predicted octanol–water partition coefficient (Wildman–Crippen LogP) is 4.77. The van der Waals surface area contributed by atoms with Gasteiger partial charge in [-0.1, -0.05) is 19.4 Å². The zero-order valence-electron chi connectivity index (χ0n) is 19.7. The van der Waals surface area contributed by atoms with Crippen LogP contribution in [0, 0.1) is 0 Å². The zero-order valence-corrected chi connectivity index (χ0v) is 22.9. The molecule has 0 spiro atoms. The molecule has 2 N–H and O–H groups in total. The van der Waals surface area contributed by atoms with Gasteiger partial charge < -0.3 is 20.1 Å². The Morgan fingerprint density at radius 2 is 1.91 bits per heavy atom. The van der Waals surface area contributed by atoms with Gasteiger partial charge in [-0.3, -0.25) is 4.21 Å². The van der Waals surface area contributed by atoms with E-state index in [0.29, 0.717) is 23.9 Å². The predicted molar refractivity (Wildman–Crippen MR) is 144 cm³/mol. The van der Waals surface area contributed by atoms with Gasteiger partial charge in [-0.25, -0.2) is 4.99 Å². The van der Waals surface area contributed by atoms with Crippen molar-refractivity contribution in [2.24, 2.45) is 4.99 Å². The van der Waals surface area contributed by atoms with Crippen molar-refractivity contribution >= 4 is 40.7 Å². The lowest BCUT2D eigenvalue weighted by atomic mass is 9.95. The van der Waals surface area contributed by atoms with Crippen molar-refractivity contribution in [3.05, 3.63) is 23.8 Å². The number of nitrogens with zero attached hydrogens (tertiary/aromatic N) is 1. The molecule has 2 aliphatic carbocycles. The third-order valence-corrected chi connectivity index (χ3v) is 7.95. The summed E-state index contributed by atoms with van der Waals surface area (Å²) in [6.45, 7) is 5.46. The molecule has 2 fully saturated rings. The zero-order chi connectivity index (χ0) is 22.1. The van der Waals surface area contributed by atoms with Crippen LogP contribution in [0.25, 0.3) is 0 Å². The fraction of sp³-hybridized carbons (Fsp3) is 0.708. The van der Waals surface area contributed by atoms with Crippen LogP contribution in [0.3, 0.4) is 0 Å². The molecule has 0 heterocycles. The average Bonchev–Trinajstić information content (AvgIpc) is 3.30. The van der Waals surface area contributed by atoms with Crippen LogP contribution in [-0.2, 0) is 17.3 Å². The van der Waals surface area contributed by atoms with Crippen molar-refractivity contribution in [1.29, 1.82) is 0 Å². The first-order valence-corrected chi connectivity index (χ1v) is 13.3. The number of ether oxygens (including phenoxy) is 2. The second-order valence-electron chi connectivity index (χ2n) is 8.50. The molecule has 0 radical (unpaired) electrons. The highest BCUT2D eigenvalue weighted by Gasteiger charge is 2.26. The molecule has 0 saturated heterocycles. The third kappa shape index (κ3) is 8.08. The van der Waals surface area contributed by atoms with Gasteiger partial charge in [0.05, 0.1) is 19.8 Å². The van der Waals surface area contributed by atoms with Crippen molar-refractivity contribution < 1.29 is 13.7 Å². The van der Waals surface area contributed by atoms with E-state index in [1.807, 2.05) is 13.0 Å². The van der Waals surface area contributed by atoms with Crippen LogP contribution >= 0.6 is 24.0 Å². The summed E-state index contributed by atoms with van der Waals surface area (Å²) in [6, 6.07) is 6.41. The van der Waals surface area contributed by atoms with Crippen molar-refractivity contribution in [3.63, 3.8) is 0 Å². The molecule has 3 unspecified atom stereocenters. The van der Waals surface area contributed by atoms with E-state index < -0.39 is 10.8 Å². The molecule has 3 rings (SSSR count). The van der Waals surface area contributed by atoms with Crippen molar-refractivity contribution in [1.82, 2.24) is 10.6 Å². The minimum Gasteiger partial charge on any atom is -0.493 e. The number of hydrogen-bond donors (Lipinski definition) is 2. The molecule has 32 heavy (non-hydrogen) atoms. The van der Waals surface area contributed by atoms with E-state index in [2.05, 4.69) is 29.7 Å². The number of hydrogen-bond acceptors (Lipinski definition) is 4. The summed E-state index contributed by atoms with van der Waals surface area (Å²) in [4.78, 5) is 4.82. The lowest BCUT2D eigenvalue weighted by molar-refractivity contribution is 0.200. The van der Waals surface area contributed by atoms with Crippen molar-refractivity contribution in [3.8, 4) is 11.5 Å². The summed E-state index contributed by atoms with van der Waals surface area (Å²) in [5.41, 5.74) is 1.10. The second-order valence-corrected chi connectivity index (χ2v) is 10.5. The Hall–Kier alpha value is -1.03. The van der Waals surface area contributed by atoms with Crippen molar-refractivity contribution in [2.75, 3.05) is 19.4 Å². The van der Waals surface area contributed by atoms with E-state index in [0.717, 1.165) is 73.8 Å². The molecule has 0 aliphatic heterocycles. The summed E-state index contributed by atoms with van der Waals surface area (Å²) in [7, 11) is 0.965. The molecule has 2 aliphatic rings. The highest BCUT2D eigenvalue weighted by Crippen LogP contribution is 2.32. The fourth-order valence-corrected chi connectivity index (χ4v) is 5.88. The lowest BCUT2D eigenvalue weighted by Crippen LogP contribution is -2.46. The molecular formula is C24H40IN3O3S. The molecule has 0 aromatic heterocycles. The van der Waals surface area contributed by atoms with Gasteiger partial charge in [-0.15, -0.1) is 24.0 Å². The number of rotatable bonds is 9. The lowest BCUT2D eigenvalue weighted by Gasteiger charge is -2.30. The van der Waals surface area contributed by atoms with Gasteiger partial charge in [0.1, 0.15) is 0 Å². The highest BCUT2D eigenvalue weighted by atomic mass is 127. The van der Waals surface area contributed by atoms with Crippen LogP contribution in [0.5, 0.6) is 11.5 Å². The smallest absolute Gasteiger partial charge is 0.191 e. The van der Waals surface area contributed by atoms with E-state index in [1.165, 1.54) is 12.8 Å². The van der Waals surface area contributed by atoms with Crippen LogP contribution < -0.4 is 20.1 Å². The molecule has 3 atom stereocenters. The minimum atomic E-state index is -0.721. The van der Waals surface area contributed by atoms with E-state index in [-0.39, 0.29) is 24.0 Å². The molecule has 2 saturated carbocycles. The molecule has 1 aromatic carbocycles. The summed E-state index contributed by atoms with van der Waals surface area (Å²) in [6.07, 6.45) is 9.24. The van der Waals surface area contributed by atoms with Gasteiger partial charge in [0.2, 0.25) is 0 Å². The first-order chi connectivity index (χ1) is 15.1. The Morgan fingerprint density at radius 3 is 2.59 bits per heavy atom. The Morgan fingerprint density at radius 1 is 1.12 bits per heavy atom. The molecule has 182 valence electrons. The summed E-state index contributed by atoms with van der Waals surface area (Å²) >= 11 is 0. The maximum absolute atomic E-state index is 12.3. The topological polar surface area (TPSA) is 72.0 Å². The van der Waals surface area contributed by atoms with Crippen LogP contribution in [0.1, 0.15) is 70.8 Å². The van der Waals surface area contributed by atoms with Crippen LogP contribution in [0.2, 0.25) is 0 Å². The summed E-state index contributed by atoms with van der Waals surface area (Å²) < 4.78 is 24.0. The molecule has 8 heteroatoms. The van der Waals surface area contributed by atoms with Gasteiger partial charge in [-0.05, 0) is 69.6 Å². The van der Waals surface area contributed by atoms with Crippen LogP contribution in [0.15, 0.2) is 23.2 Å². The summed E-state index contributed by atoms with van der Waals surface area (Å²) in [5, 5.41) is 7.24. The third-order valence-electron chi connectivity index (χ3n) is 6.21. The van der Waals surface area contributed by atoms with E-state index in [1.54, 1.807) is 7.11 Å². The fourth-order valence-electron chi connectivity index (χ4n) is 4.53. The monoisotopic (exact) mass is 577 g/mol. The van der Waals surface area contributed by atoms with E-state index >= 15 is 0 Å². The van der Waals surface area contributed by atoms with Crippen molar-refractivity contribution in [2.45, 2.75) is 89.2 Å². The normalized spacial score (nSPS) is 22.7. The molecule has 6 nitrogen and oxygen atoms in total. The number of halogens is 1. The Labute approximate surface area is 213 Å². The minimum absolute atomic E-state index is 0. The molecular weight excluding hydrogens is 537 g/mol. The first kappa shape index (κ1) is 27.2. The summed E-state index contributed by atoms with van der Waals surface area (Å²) in [5.74, 6) is 3.16. The highest BCUT2D eigenvalue weighted by molar-refractivity contribution is 14.0. The first-order valence-electron chi connectivity index (χ1n) is 11.9. The number of benzene rings is 1. The van der Waals surface area contributed by atoms with Gasteiger partial charge in [0, 0.05) is 34.4 Å². The number of guanidine groups is 1. The molecule has 1 aromatic rings. The maximum atomic E-state index is 12.3. The average molecular weight is 578 g/mol. The quantitative estimate of drug-likeness (QED) is 0.252. The van der Waals surface area contributed by atoms with Crippen LogP contribution in [0.4, 0.5) is 0 Å². The number of methoxy groups -OCH3 is 1. The Kier molecular flexibility index (Phi) is 12.1. The Balaban J connectivity index is 0.00000363. The SMILES string of the molecule is CCNC(=NCc1ccc(OC)c(OC2CCCC2)c1)NC1CCCC(S(=O)CC)C1.I. The van der Waals surface area contributed by atoms with Gasteiger partial charge in [0.25, 0.3) is 0 Å². The van der Waals surface area contributed by atoms with E-state index in [9.17, 15) is 4.21 Å². The largest absolute Gasteiger partial charge is 0.493 e. The van der Waals surface area contributed by atoms with E-state index in [4.69, 9.17) is 14.5 Å².